The van der Waals surface area contributed by atoms with Gasteiger partial charge in [0.2, 0.25) is 0 Å². The maximum absolute atomic E-state index is 5.63. The molecule has 1 aliphatic rings. The van der Waals surface area contributed by atoms with Gasteiger partial charge in [-0.25, -0.2) is 0 Å². The second kappa shape index (κ2) is 1.53. The summed E-state index contributed by atoms with van der Waals surface area (Å²) in [7, 11) is 0. The van der Waals surface area contributed by atoms with E-state index in [0.29, 0.717) is 0 Å². The van der Waals surface area contributed by atoms with Gasteiger partial charge in [-0.15, -0.1) is 0 Å². The van der Waals surface area contributed by atoms with E-state index >= 15 is 0 Å². The first kappa shape index (κ1) is 6.20. The van der Waals surface area contributed by atoms with Crippen LogP contribution in [0, 0.1) is 5.41 Å². The summed E-state index contributed by atoms with van der Waals surface area (Å²) < 4.78 is 0. The molecule has 0 heterocycles. The number of hydrogen-bond acceptors (Lipinski definition) is 2. The lowest BCUT2D eigenvalue weighted by Crippen LogP contribution is -2.15. The molecule has 50 valence electrons. The summed E-state index contributed by atoms with van der Waals surface area (Å²) in [6.45, 7) is 4.08. The lowest BCUT2D eigenvalue weighted by atomic mass is 9.93. The summed E-state index contributed by atoms with van der Waals surface area (Å²) in [5.41, 5.74) is 12.7. The van der Waals surface area contributed by atoms with Gasteiger partial charge in [-0.2, -0.15) is 0 Å². The van der Waals surface area contributed by atoms with Gasteiger partial charge in [0, 0.05) is 16.8 Å². The van der Waals surface area contributed by atoms with Crippen LogP contribution in [0.2, 0.25) is 0 Å². The molecule has 1 aliphatic carbocycles. The highest BCUT2D eigenvalue weighted by atomic mass is 14.7. The first-order chi connectivity index (χ1) is 4.02. The van der Waals surface area contributed by atoms with Crippen molar-refractivity contribution in [3.05, 3.63) is 23.5 Å². The van der Waals surface area contributed by atoms with E-state index in [-0.39, 0.29) is 5.41 Å². The minimum atomic E-state index is -0.0237. The van der Waals surface area contributed by atoms with Crippen molar-refractivity contribution in [2.75, 3.05) is 0 Å². The minimum absolute atomic E-state index is 0.0237. The van der Waals surface area contributed by atoms with Crippen LogP contribution in [0.25, 0.3) is 0 Å². The molecule has 0 aromatic carbocycles. The molecule has 0 aliphatic heterocycles. The van der Waals surface area contributed by atoms with Crippen molar-refractivity contribution >= 4 is 0 Å². The molecule has 0 saturated carbocycles. The molecular formula is C7H12N2. The molecule has 1 rings (SSSR count). The second-order valence-corrected chi connectivity index (χ2v) is 2.97. The van der Waals surface area contributed by atoms with Crippen LogP contribution in [-0.2, 0) is 0 Å². The summed E-state index contributed by atoms with van der Waals surface area (Å²) in [5.74, 6) is 0. The van der Waals surface area contributed by atoms with Crippen molar-refractivity contribution < 1.29 is 0 Å². The molecule has 0 spiro atoms. The van der Waals surface area contributed by atoms with E-state index < -0.39 is 0 Å². The molecule has 4 N–H and O–H groups in total. The smallest absolute Gasteiger partial charge is 0.0300 e. The molecule has 0 fully saturated rings. The van der Waals surface area contributed by atoms with E-state index in [1.54, 1.807) is 6.08 Å². The van der Waals surface area contributed by atoms with Crippen LogP contribution in [-0.4, -0.2) is 0 Å². The summed E-state index contributed by atoms with van der Waals surface area (Å²) in [5, 5.41) is 0. The Hall–Kier alpha value is -0.920. The van der Waals surface area contributed by atoms with Crippen LogP contribution in [0.15, 0.2) is 23.5 Å². The molecule has 0 aromatic heterocycles. The van der Waals surface area contributed by atoms with Gasteiger partial charge in [0.15, 0.2) is 0 Å². The quantitative estimate of drug-likeness (QED) is 0.499. The number of nitrogens with two attached hydrogens (primary N) is 2. The number of hydrogen-bond donors (Lipinski definition) is 2. The van der Waals surface area contributed by atoms with Crippen LogP contribution < -0.4 is 11.5 Å². The lowest BCUT2D eigenvalue weighted by molar-refractivity contribution is 0.582. The van der Waals surface area contributed by atoms with Gasteiger partial charge in [0.05, 0.1) is 0 Å². The van der Waals surface area contributed by atoms with Gasteiger partial charge in [0.25, 0.3) is 0 Å². The first-order valence-electron chi connectivity index (χ1n) is 2.98. The standard InChI is InChI=1S/C7H12N2/c1-7(2)4-5(8)3-6(7)9/h3-4H,8-9H2,1-2H3. The average Bonchev–Trinajstić information content (AvgIpc) is 1.79. The third-order valence-corrected chi connectivity index (χ3v) is 1.59. The lowest BCUT2D eigenvalue weighted by Gasteiger charge is -2.15. The van der Waals surface area contributed by atoms with Gasteiger partial charge in [-0.3, -0.25) is 0 Å². The Balaban J connectivity index is 2.96. The Morgan fingerprint density at radius 3 is 2.00 bits per heavy atom. The van der Waals surface area contributed by atoms with E-state index in [2.05, 4.69) is 0 Å². The Kier molecular flexibility index (Phi) is 1.05. The van der Waals surface area contributed by atoms with Crippen LogP contribution in [0.3, 0.4) is 0 Å². The SMILES string of the molecule is CC1(C)C=C(N)C=C1N. The predicted molar refractivity (Wildman–Crippen MR) is 38.3 cm³/mol. The van der Waals surface area contributed by atoms with Crippen molar-refractivity contribution in [1.82, 2.24) is 0 Å². The average molecular weight is 124 g/mol. The van der Waals surface area contributed by atoms with Crippen molar-refractivity contribution in [2.45, 2.75) is 13.8 Å². The third-order valence-electron chi connectivity index (χ3n) is 1.59. The first-order valence-corrected chi connectivity index (χ1v) is 2.98. The summed E-state index contributed by atoms with van der Waals surface area (Å²) >= 11 is 0. The van der Waals surface area contributed by atoms with Gasteiger partial charge in [-0.05, 0) is 12.2 Å². The van der Waals surface area contributed by atoms with Gasteiger partial charge in [-0.1, -0.05) is 13.8 Å². The molecule has 0 saturated heterocycles. The number of allylic oxidation sites excluding steroid dienone is 2. The Morgan fingerprint density at radius 1 is 1.33 bits per heavy atom. The molecule has 2 nitrogen and oxygen atoms in total. The molecule has 0 aromatic rings. The maximum atomic E-state index is 5.63. The van der Waals surface area contributed by atoms with E-state index in [0.717, 1.165) is 11.4 Å². The zero-order chi connectivity index (χ0) is 7.07. The fourth-order valence-electron chi connectivity index (χ4n) is 0.907. The molecule has 0 radical (unpaired) electrons. The minimum Gasteiger partial charge on any atom is -0.401 e. The molecule has 0 unspecified atom stereocenters. The Morgan fingerprint density at radius 2 is 1.89 bits per heavy atom. The molecule has 2 heteroatoms. The van der Waals surface area contributed by atoms with Crippen LogP contribution >= 0.6 is 0 Å². The number of rotatable bonds is 0. The fraction of sp³-hybridized carbons (Fsp3) is 0.429. The predicted octanol–water partition coefficient (Wildman–Crippen LogP) is 0.711. The van der Waals surface area contributed by atoms with Crippen molar-refractivity contribution in [3.8, 4) is 0 Å². The second-order valence-electron chi connectivity index (χ2n) is 2.97. The highest BCUT2D eigenvalue weighted by Gasteiger charge is 2.22. The monoisotopic (exact) mass is 124 g/mol. The van der Waals surface area contributed by atoms with Gasteiger partial charge >= 0.3 is 0 Å². The maximum Gasteiger partial charge on any atom is 0.0300 e. The van der Waals surface area contributed by atoms with Gasteiger partial charge < -0.3 is 11.5 Å². The molecule has 0 bridgehead atoms. The fourth-order valence-corrected chi connectivity index (χ4v) is 0.907. The summed E-state index contributed by atoms with van der Waals surface area (Å²) in [6.07, 6.45) is 3.77. The summed E-state index contributed by atoms with van der Waals surface area (Å²) in [6, 6.07) is 0. The summed E-state index contributed by atoms with van der Waals surface area (Å²) in [4.78, 5) is 0. The normalized spacial score (nSPS) is 23.3. The highest BCUT2D eigenvalue weighted by molar-refractivity contribution is 5.35. The van der Waals surface area contributed by atoms with Crippen molar-refractivity contribution in [3.63, 3.8) is 0 Å². The Labute approximate surface area is 55.2 Å². The molecule has 9 heavy (non-hydrogen) atoms. The van der Waals surface area contributed by atoms with Crippen LogP contribution in [0.1, 0.15) is 13.8 Å². The van der Waals surface area contributed by atoms with E-state index in [1.807, 2.05) is 19.9 Å². The van der Waals surface area contributed by atoms with E-state index in [1.165, 1.54) is 0 Å². The molecule has 0 amide bonds. The zero-order valence-electron chi connectivity index (χ0n) is 5.81. The van der Waals surface area contributed by atoms with E-state index in [4.69, 9.17) is 11.5 Å². The Bertz CT molecular complexity index is 187. The van der Waals surface area contributed by atoms with Crippen molar-refractivity contribution in [1.29, 1.82) is 0 Å². The topological polar surface area (TPSA) is 52.0 Å². The zero-order valence-corrected chi connectivity index (χ0v) is 5.81. The van der Waals surface area contributed by atoms with Crippen LogP contribution in [0.5, 0.6) is 0 Å². The van der Waals surface area contributed by atoms with E-state index in [9.17, 15) is 0 Å². The van der Waals surface area contributed by atoms with Crippen LogP contribution in [0.4, 0.5) is 0 Å². The molecular weight excluding hydrogens is 112 g/mol. The van der Waals surface area contributed by atoms with Crippen molar-refractivity contribution in [2.24, 2.45) is 16.9 Å². The molecule has 0 atom stereocenters. The largest absolute Gasteiger partial charge is 0.401 e. The third kappa shape index (κ3) is 0.922. The van der Waals surface area contributed by atoms with Gasteiger partial charge in [0.1, 0.15) is 0 Å². The highest BCUT2D eigenvalue weighted by Crippen LogP contribution is 2.30.